The van der Waals surface area contributed by atoms with Crippen LogP contribution in [0.25, 0.3) is 0 Å². The number of anilines is 1. The van der Waals surface area contributed by atoms with Crippen molar-refractivity contribution in [3.05, 3.63) is 28.2 Å². The summed E-state index contributed by atoms with van der Waals surface area (Å²) in [7, 11) is 0. The molecule has 0 bridgehead atoms. The number of aliphatic hydroxyl groups is 1. The van der Waals surface area contributed by atoms with Gasteiger partial charge in [-0.3, -0.25) is 0 Å². The monoisotopic (exact) mass is 382 g/mol. The van der Waals surface area contributed by atoms with E-state index in [0.717, 1.165) is 15.7 Å². The quantitative estimate of drug-likeness (QED) is 0.720. The Kier molecular flexibility index (Phi) is 4.09. The Hall–Kier alpha value is -1.27. The van der Waals surface area contributed by atoms with Gasteiger partial charge in [-0.05, 0) is 57.4 Å². The average molecular weight is 383 g/mol. The Bertz CT molecular complexity index is 619. The molecule has 1 saturated heterocycles. The number of piperidine rings is 1. The van der Waals surface area contributed by atoms with Gasteiger partial charge in [-0.2, -0.15) is 0 Å². The normalized spacial score (nSPS) is 22.7. The molecule has 1 aromatic rings. The van der Waals surface area contributed by atoms with Gasteiger partial charge < -0.3 is 20.1 Å². The molecule has 1 amide bonds. The zero-order chi connectivity index (χ0) is 16.8. The van der Waals surface area contributed by atoms with Crippen LogP contribution in [0.3, 0.4) is 0 Å². The Morgan fingerprint density at radius 3 is 2.65 bits per heavy atom. The van der Waals surface area contributed by atoms with Gasteiger partial charge in [-0.1, -0.05) is 15.9 Å². The van der Waals surface area contributed by atoms with Gasteiger partial charge in [-0.15, -0.1) is 0 Å². The van der Waals surface area contributed by atoms with Gasteiger partial charge in [0.15, 0.2) is 0 Å². The highest BCUT2D eigenvalue weighted by Crippen LogP contribution is 2.48. The largest absolute Gasteiger partial charge is 0.444 e. The van der Waals surface area contributed by atoms with Gasteiger partial charge in [0, 0.05) is 28.7 Å². The number of amides is 1. The van der Waals surface area contributed by atoms with Crippen LogP contribution >= 0.6 is 15.9 Å². The first-order valence-electron chi connectivity index (χ1n) is 7.94. The van der Waals surface area contributed by atoms with Gasteiger partial charge >= 0.3 is 6.09 Å². The van der Waals surface area contributed by atoms with Crippen molar-refractivity contribution in [1.82, 2.24) is 4.90 Å². The molecule has 1 atom stereocenters. The number of hydrogen-bond donors (Lipinski definition) is 2. The van der Waals surface area contributed by atoms with Gasteiger partial charge in [-0.25, -0.2) is 4.79 Å². The number of nitrogens with one attached hydrogen (secondary N) is 1. The van der Waals surface area contributed by atoms with Gasteiger partial charge in [0.2, 0.25) is 0 Å². The highest BCUT2D eigenvalue weighted by Gasteiger charge is 2.48. The molecule has 1 fully saturated rings. The van der Waals surface area contributed by atoms with Crippen molar-refractivity contribution < 1.29 is 14.6 Å². The molecule has 126 valence electrons. The minimum absolute atomic E-state index is 0.276. The number of likely N-dealkylation sites (tertiary alicyclic amines) is 1. The third-order valence-corrected chi connectivity index (χ3v) is 5.13. The van der Waals surface area contributed by atoms with Crippen molar-refractivity contribution in [2.24, 2.45) is 0 Å². The predicted molar refractivity (Wildman–Crippen MR) is 92.5 cm³/mol. The molecule has 3 rings (SSSR count). The Balaban J connectivity index is 1.76. The number of aliphatic hydroxyl groups excluding tert-OH is 1. The maximum Gasteiger partial charge on any atom is 0.410 e. The second-order valence-electron chi connectivity index (χ2n) is 7.36. The lowest BCUT2D eigenvalue weighted by Gasteiger charge is -2.41. The molecular formula is C17H23BrN2O3. The minimum atomic E-state index is -0.618. The average Bonchev–Trinajstić information content (AvgIpc) is 2.71. The third-order valence-electron chi connectivity index (χ3n) is 4.64. The van der Waals surface area contributed by atoms with E-state index >= 15 is 0 Å². The van der Waals surface area contributed by atoms with Crippen LogP contribution < -0.4 is 5.32 Å². The summed E-state index contributed by atoms with van der Waals surface area (Å²) in [5.74, 6) is 0. The van der Waals surface area contributed by atoms with Crippen LogP contribution in [-0.4, -0.2) is 41.0 Å². The van der Waals surface area contributed by atoms with Crippen LogP contribution in [0.5, 0.6) is 0 Å². The van der Waals surface area contributed by atoms with E-state index in [0.29, 0.717) is 25.9 Å². The molecule has 5 nitrogen and oxygen atoms in total. The number of carbonyl (C=O) groups is 1. The Morgan fingerprint density at radius 2 is 2.04 bits per heavy atom. The van der Waals surface area contributed by atoms with Crippen LogP contribution in [0.1, 0.15) is 39.2 Å². The number of carbonyl (C=O) groups excluding carboxylic acids is 1. The topological polar surface area (TPSA) is 61.8 Å². The number of fused-ring (bicyclic) bond motifs is 2. The summed E-state index contributed by atoms with van der Waals surface area (Å²) >= 11 is 3.51. The summed E-state index contributed by atoms with van der Waals surface area (Å²) in [6.07, 6.45) is 0.531. The van der Waals surface area contributed by atoms with Crippen LogP contribution in [0.4, 0.5) is 10.5 Å². The van der Waals surface area contributed by atoms with E-state index in [1.54, 1.807) is 4.90 Å². The maximum absolute atomic E-state index is 12.2. The third kappa shape index (κ3) is 3.06. The van der Waals surface area contributed by atoms with Crippen molar-refractivity contribution in [3.8, 4) is 0 Å². The first kappa shape index (κ1) is 16.6. The summed E-state index contributed by atoms with van der Waals surface area (Å²) in [4.78, 5) is 14.0. The fourth-order valence-electron chi connectivity index (χ4n) is 3.44. The van der Waals surface area contributed by atoms with E-state index in [9.17, 15) is 9.90 Å². The molecule has 23 heavy (non-hydrogen) atoms. The molecule has 2 N–H and O–H groups in total. The maximum atomic E-state index is 12.2. The summed E-state index contributed by atoms with van der Waals surface area (Å²) in [6, 6.07) is 6.02. The second-order valence-corrected chi connectivity index (χ2v) is 8.28. The molecule has 0 saturated carbocycles. The van der Waals surface area contributed by atoms with E-state index in [2.05, 4.69) is 27.3 Å². The molecule has 0 aromatic heterocycles. The molecule has 0 aliphatic carbocycles. The number of nitrogens with zero attached hydrogens (tertiary/aromatic N) is 1. The standard InChI is InChI=1S/C17H23BrN2O3/c1-16(2,3)23-15(22)20-8-6-17(7-9-20)12-10-11(18)4-5-13(12)19-14(17)21/h4-5,10,14,19,21H,6-9H2,1-3H3/t14-/m1/s1. The van der Waals surface area contributed by atoms with Crippen molar-refractivity contribution in [2.45, 2.75) is 50.9 Å². The van der Waals surface area contributed by atoms with E-state index in [1.807, 2.05) is 32.9 Å². The van der Waals surface area contributed by atoms with Gasteiger partial charge in [0.05, 0.1) is 0 Å². The molecule has 2 aliphatic rings. The highest BCUT2D eigenvalue weighted by atomic mass is 79.9. The minimum Gasteiger partial charge on any atom is -0.444 e. The molecular weight excluding hydrogens is 360 g/mol. The lowest BCUT2D eigenvalue weighted by Crippen LogP contribution is -2.51. The molecule has 0 radical (unpaired) electrons. The van der Waals surface area contributed by atoms with Gasteiger partial charge in [0.25, 0.3) is 0 Å². The molecule has 1 aromatic carbocycles. The molecule has 2 aliphatic heterocycles. The zero-order valence-corrected chi connectivity index (χ0v) is 15.3. The van der Waals surface area contributed by atoms with Crippen LogP contribution in [0.2, 0.25) is 0 Å². The second kappa shape index (κ2) is 5.67. The zero-order valence-electron chi connectivity index (χ0n) is 13.7. The predicted octanol–water partition coefficient (Wildman–Crippen LogP) is 3.46. The Morgan fingerprint density at radius 1 is 1.39 bits per heavy atom. The van der Waals surface area contributed by atoms with Gasteiger partial charge in [0.1, 0.15) is 11.8 Å². The molecule has 6 heteroatoms. The van der Waals surface area contributed by atoms with Crippen LogP contribution in [0.15, 0.2) is 22.7 Å². The van der Waals surface area contributed by atoms with Crippen LogP contribution in [-0.2, 0) is 10.2 Å². The number of rotatable bonds is 0. The summed E-state index contributed by atoms with van der Waals surface area (Å²) in [5.41, 5.74) is 1.28. The SMILES string of the molecule is CC(C)(C)OC(=O)N1CCC2(CC1)c1cc(Br)ccc1N[C@@H]2O. The number of benzene rings is 1. The first-order valence-corrected chi connectivity index (χ1v) is 8.73. The van der Waals surface area contributed by atoms with Crippen molar-refractivity contribution in [1.29, 1.82) is 0 Å². The van der Waals surface area contributed by atoms with E-state index < -0.39 is 11.8 Å². The lowest BCUT2D eigenvalue weighted by atomic mass is 9.73. The van der Waals surface area contributed by atoms with E-state index in [4.69, 9.17) is 4.74 Å². The van der Waals surface area contributed by atoms with E-state index in [-0.39, 0.29) is 11.5 Å². The molecule has 2 heterocycles. The first-order chi connectivity index (χ1) is 10.7. The Labute approximate surface area is 145 Å². The van der Waals surface area contributed by atoms with Crippen molar-refractivity contribution in [2.75, 3.05) is 18.4 Å². The summed E-state index contributed by atoms with van der Waals surface area (Å²) in [5, 5.41) is 13.7. The molecule has 1 spiro atoms. The van der Waals surface area contributed by atoms with Crippen LogP contribution in [0, 0.1) is 0 Å². The lowest BCUT2D eigenvalue weighted by molar-refractivity contribution is 0.00581. The van der Waals surface area contributed by atoms with E-state index in [1.165, 1.54) is 0 Å². The number of halogens is 1. The van der Waals surface area contributed by atoms with Crippen molar-refractivity contribution in [3.63, 3.8) is 0 Å². The fourth-order valence-corrected chi connectivity index (χ4v) is 3.81. The smallest absolute Gasteiger partial charge is 0.410 e. The highest BCUT2D eigenvalue weighted by molar-refractivity contribution is 9.10. The summed E-state index contributed by atoms with van der Waals surface area (Å²) in [6.45, 7) is 6.78. The summed E-state index contributed by atoms with van der Waals surface area (Å²) < 4.78 is 6.45. The molecule has 0 unspecified atom stereocenters. The number of hydrogen-bond acceptors (Lipinski definition) is 4. The van der Waals surface area contributed by atoms with Crippen molar-refractivity contribution >= 4 is 27.7 Å². The number of ether oxygens (including phenoxy) is 1. The fraction of sp³-hybridized carbons (Fsp3) is 0.588.